The molecule has 4 saturated heterocycles. The number of nitrogens with one attached hydrogen (secondary N) is 4. The molecule has 4 amide bonds. The summed E-state index contributed by atoms with van der Waals surface area (Å²) in [6.45, 7) is 11.8. The van der Waals surface area contributed by atoms with Crippen LogP contribution in [-0.4, -0.2) is 124 Å². The molecule has 7 heterocycles. The number of benzene rings is 2. The molecule has 1 aliphatic carbocycles. The van der Waals surface area contributed by atoms with Crippen molar-refractivity contribution in [1.29, 1.82) is 0 Å². The second kappa shape index (κ2) is 18.9. The molecule has 4 N–H and O–H groups in total. The minimum Gasteiger partial charge on any atom is -0.453 e. The van der Waals surface area contributed by atoms with Gasteiger partial charge in [0.15, 0.2) is 0 Å². The smallest absolute Gasteiger partial charge is 0.407 e. The average Bonchev–Trinajstić information content (AvgIpc) is 4.17. The number of carbonyl (C=O) groups excluding carboxylic acids is 4. The van der Waals surface area contributed by atoms with Crippen molar-refractivity contribution in [3.05, 3.63) is 69.7 Å². The highest BCUT2D eigenvalue weighted by molar-refractivity contribution is 5.88. The molecular weight excluding hydrogens is 881 g/mol. The van der Waals surface area contributed by atoms with Gasteiger partial charge in [-0.1, -0.05) is 24.3 Å². The molecule has 0 saturated carbocycles. The number of alkyl carbamates (subject to hydrolysis) is 2. The summed E-state index contributed by atoms with van der Waals surface area (Å²) in [6.07, 6.45) is 10.5. The zero-order valence-corrected chi connectivity index (χ0v) is 40.7. The van der Waals surface area contributed by atoms with Gasteiger partial charge in [0.1, 0.15) is 23.7 Å². The van der Waals surface area contributed by atoms with E-state index in [0.717, 1.165) is 69.8 Å². The largest absolute Gasteiger partial charge is 0.453 e. The average molecular weight is 947 g/mol. The van der Waals surface area contributed by atoms with E-state index in [1.807, 2.05) is 43.7 Å². The predicted molar refractivity (Wildman–Crippen MR) is 256 cm³/mol. The van der Waals surface area contributed by atoms with Crippen LogP contribution in [0, 0.1) is 11.8 Å². The lowest BCUT2D eigenvalue weighted by molar-refractivity contribution is -0.139. The Morgan fingerprint density at radius 1 is 0.783 bits per heavy atom. The maximum Gasteiger partial charge on any atom is 0.407 e. The highest BCUT2D eigenvalue weighted by Gasteiger charge is 2.45. The number of imidazole rings is 2. The molecule has 0 spiro atoms. The van der Waals surface area contributed by atoms with Gasteiger partial charge in [-0.3, -0.25) is 9.59 Å². The third-order valence-electron chi connectivity index (χ3n) is 15.7. The van der Waals surface area contributed by atoms with Crippen molar-refractivity contribution >= 4 is 47.2 Å². The molecule has 4 aromatic rings. The van der Waals surface area contributed by atoms with Crippen LogP contribution in [0.15, 0.2) is 36.5 Å². The van der Waals surface area contributed by atoms with Crippen LogP contribution in [0.5, 0.6) is 0 Å². The van der Waals surface area contributed by atoms with Crippen LogP contribution in [0.3, 0.4) is 0 Å². The fourth-order valence-electron chi connectivity index (χ4n) is 12.6. The Morgan fingerprint density at radius 3 is 1.94 bits per heavy atom. The normalized spacial score (nSPS) is 30.5. The number of fused-ring (bicyclic) bond motifs is 6. The van der Waals surface area contributed by atoms with Gasteiger partial charge in [-0.25, -0.2) is 19.6 Å². The van der Waals surface area contributed by atoms with E-state index < -0.39 is 29.7 Å². The summed E-state index contributed by atoms with van der Waals surface area (Å²) in [4.78, 5) is 74.8. The van der Waals surface area contributed by atoms with Gasteiger partial charge >= 0.3 is 12.2 Å². The zero-order chi connectivity index (χ0) is 48.3. The molecule has 5 aliphatic heterocycles. The molecule has 2 aromatic heterocycles. The second-order valence-electron chi connectivity index (χ2n) is 20.6. The van der Waals surface area contributed by atoms with Crippen LogP contribution in [0.2, 0.25) is 0 Å². The number of amides is 4. The lowest BCUT2D eigenvalue weighted by Gasteiger charge is -2.41. The summed E-state index contributed by atoms with van der Waals surface area (Å²) in [7, 11) is 2.63. The third-order valence-corrected chi connectivity index (χ3v) is 15.7. The Balaban J connectivity index is 0.882. The second-order valence-corrected chi connectivity index (χ2v) is 20.6. The lowest BCUT2D eigenvalue weighted by Crippen LogP contribution is -2.54. The van der Waals surface area contributed by atoms with E-state index in [1.54, 1.807) is 0 Å². The lowest BCUT2D eigenvalue weighted by atomic mass is 9.71. The zero-order valence-electron chi connectivity index (χ0n) is 40.7. The van der Waals surface area contributed by atoms with Crippen molar-refractivity contribution < 1.29 is 42.9 Å². The Morgan fingerprint density at radius 2 is 1.36 bits per heavy atom. The van der Waals surface area contributed by atoms with Crippen molar-refractivity contribution in [2.75, 3.05) is 27.3 Å². The molecule has 10 unspecified atom stereocenters. The summed E-state index contributed by atoms with van der Waals surface area (Å²) < 4.78 is 28.6. The van der Waals surface area contributed by atoms with Crippen LogP contribution in [-0.2, 0) is 45.3 Å². The maximum atomic E-state index is 14.5. The highest BCUT2D eigenvalue weighted by Crippen LogP contribution is 2.43. The minimum atomic E-state index is -0.739. The first-order valence-electron chi connectivity index (χ1n) is 24.9. The number of hydrogen-bond acceptors (Lipinski definition) is 11. The van der Waals surface area contributed by atoms with E-state index in [9.17, 15) is 19.2 Å². The van der Waals surface area contributed by atoms with E-state index in [1.165, 1.54) is 19.8 Å². The van der Waals surface area contributed by atoms with E-state index in [0.29, 0.717) is 51.2 Å². The van der Waals surface area contributed by atoms with Gasteiger partial charge < -0.3 is 54.1 Å². The van der Waals surface area contributed by atoms with E-state index in [4.69, 9.17) is 33.7 Å². The van der Waals surface area contributed by atoms with Gasteiger partial charge in [0.25, 0.3) is 0 Å². The number of nitrogens with zero attached hydrogens (tertiary/aromatic N) is 4. The molecule has 10 rings (SSSR count). The van der Waals surface area contributed by atoms with Gasteiger partial charge in [-0.05, 0) is 138 Å². The molecule has 0 radical (unpaired) electrons. The number of H-pyrrole nitrogens is 2. The van der Waals surface area contributed by atoms with Crippen LogP contribution in [0.25, 0.3) is 34.4 Å². The van der Waals surface area contributed by atoms with Gasteiger partial charge in [-0.2, -0.15) is 0 Å². The third kappa shape index (κ3) is 8.90. The van der Waals surface area contributed by atoms with Gasteiger partial charge in [0.2, 0.25) is 11.8 Å². The first kappa shape index (κ1) is 46.9. The number of hydrogen-bond donors (Lipinski definition) is 4. The molecule has 4 fully saturated rings. The summed E-state index contributed by atoms with van der Waals surface area (Å²) in [6, 6.07) is 8.68. The Labute approximate surface area is 402 Å². The monoisotopic (exact) mass is 946 g/mol. The summed E-state index contributed by atoms with van der Waals surface area (Å²) in [5.41, 5.74) is 5.36. The van der Waals surface area contributed by atoms with E-state index in [2.05, 4.69) is 70.0 Å². The maximum absolute atomic E-state index is 14.5. The standard InChI is InChI=1S/C52H66N8O9/c1-27-18-33(19-28(2)68-27)43(57-50(63)65-6)48(61)59-16-8-10-40(59)46-53-25-39(55-46)31-12-14-37-35(22-31)26-67-42-23-36-32(24-52(37,42)5)13-15-38-45(36)56-47(54-38)41-11-9-17-60(41)49(62)44(58-51(64)66-7)34-20-29(3)69-30(4)21-34/h12-15,22-25,27-30,33-34,40-44H,8-11,16-21,26H2,1-7H3,(H,53,55)(H,54,56)(H,57,63)(H,58,64). The van der Waals surface area contributed by atoms with Crippen LogP contribution < -0.4 is 21.1 Å². The van der Waals surface area contributed by atoms with Crippen molar-refractivity contribution in [3.63, 3.8) is 0 Å². The Bertz CT molecular complexity index is 2740. The molecule has 6 aliphatic rings. The molecule has 10 atom stereocenters. The quantitative estimate of drug-likeness (QED) is 0.164. The highest BCUT2D eigenvalue weighted by atomic mass is 16.5. The minimum absolute atomic E-state index is 0.0251. The summed E-state index contributed by atoms with van der Waals surface area (Å²) in [5, 5.41) is 7.81. The molecule has 69 heavy (non-hydrogen) atoms. The topological polar surface area (TPSA) is 202 Å². The predicted octanol–water partition coefficient (Wildman–Crippen LogP) is 5.57. The van der Waals surface area contributed by atoms with E-state index in [-0.39, 0.29) is 66.3 Å². The van der Waals surface area contributed by atoms with Gasteiger partial charge in [0, 0.05) is 23.7 Å². The fourth-order valence-corrected chi connectivity index (χ4v) is 12.6. The fraction of sp³-hybridized carbons (Fsp3) is 0.577. The van der Waals surface area contributed by atoms with E-state index >= 15 is 0 Å². The van der Waals surface area contributed by atoms with Crippen LogP contribution >= 0.6 is 0 Å². The molecule has 17 heteroatoms. The number of carbonyl (C=O) groups is 4. The number of methoxy groups -OCH3 is 2. The van der Waals surface area contributed by atoms with Gasteiger partial charge in [0.05, 0.1) is 86.4 Å². The number of aromatic amines is 2. The Hall–Kier alpha value is -5.78. The summed E-state index contributed by atoms with van der Waals surface area (Å²) in [5.74, 6) is 1.01. The number of likely N-dealkylation sites (tertiary alicyclic amines) is 2. The van der Waals surface area contributed by atoms with Crippen molar-refractivity contribution in [2.45, 2.75) is 153 Å². The first-order valence-corrected chi connectivity index (χ1v) is 24.9. The molecule has 17 nitrogen and oxygen atoms in total. The van der Waals surface area contributed by atoms with Crippen molar-refractivity contribution in [2.24, 2.45) is 11.8 Å². The molecule has 0 bridgehead atoms. The van der Waals surface area contributed by atoms with Gasteiger partial charge in [-0.15, -0.1) is 0 Å². The first-order chi connectivity index (χ1) is 33.2. The number of rotatable bonds is 9. The van der Waals surface area contributed by atoms with Crippen LogP contribution in [0.1, 0.15) is 121 Å². The SMILES string of the molecule is COC(=O)NC(C(=O)N1CCCC1c1ncc(-c2ccc3c(c2)COC2C=c4c(ccc5[nH]c(C6CCCN6C(=O)C(NC(=O)OC)C6CC(C)OC(C)C6)nc45)=CC32C)[nH]1)C1CC(C)OC(C)C1. The van der Waals surface area contributed by atoms with Crippen molar-refractivity contribution in [3.8, 4) is 11.3 Å². The number of aromatic nitrogens is 4. The molecular formula is C52H66N8O9. The Kier molecular flexibility index (Phi) is 12.8. The molecule has 368 valence electrons. The van der Waals surface area contributed by atoms with Crippen molar-refractivity contribution in [1.82, 2.24) is 40.4 Å². The van der Waals surface area contributed by atoms with Crippen LogP contribution in [0.4, 0.5) is 9.59 Å². The summed E-state index contributed by atoms with van der Waals surface area (Å²) >= 11 is 0. The molecule has 2 aromatic carbocycles. The number of ether oxygens (including phenoxy) is 5.